The first kappa shape index (κ1) is 10.1. The maximum Gasteiger partial charge on any atom is 0.241 e. The van der Waals surface area contributed by atoms with E-state index >= 15 is 0 Å². The van der Waals surface area contributed by atoms with Crippen LogP contribution in [0.3, 0.4) is 0 Å². The molecule has 0 spiro atoms. The van der Waals surface area contributed by atoms with Crippen LogP contribution in [0.15, 0.2) is 24.3 Å². The van der Waals surface area contributed by atoms with Crippen molar-refractivity contribution < 1.29 is 4.43 Å². The second-order valence-corrected chi connectivity index (χ2v) is 8.51. The molecular formula is C11H16OSi. The lowest BCUT2D eigenvalue weighted by Crippen LogP contribution is -2.27. The third kappa shape index (κ3) is 3.47. The minimum atomic E-state index is -1.45. The lowest BCUT2D eigenvalue weighted by molar-refractivity contribution is 0.540. The summed E-state index contributed by atoms with van der Waals surface area (Å²) >= 11 is 0. The van der Waals surface area contributed by atoms with E-state index in [0.29, 0.717) is 0 Å². The second-order valence-electron chi connectivity index (χ2n) is 4.05. The van der Waals surface area contributed by atoms with Crippen LogP contribution >= 0.6 is 0 Å². The largest absolute Gasteiger partial charge is 0.549 e. The van der Waals surface area contributed by atoms with E-state index in [-0.39, 0.29) is 0 Å². The van der Waals surface area contributed by atoms with Crippen molar-refractivity contribution in [3.63, 3.8) is 0 Å². The Morgan fingerprint density at radius 2 is 1.85 bits per heavy atom. The molecule has 0 fully saturated rings. The second kappa shape index (κ2) is 3.79. The Hall–Kier alpha value is -1.02. The van der Waals surface area contributed by atoms with Gasteiger partial charge in [-0.2, -0.15) is 0 Å². The van der Waals surface area contributed by atoms with Gasteiger partial charge in [0.25, 0.3) is 0 Å². The van der Waals surface area contributed by atoms with Crippen LogP contribution < -0.4 is 10.4 Å². The average Bonchev–Trinajstić information content (AvgIpc) is 2.01. The summed E-state index contributed by atoms with van der Waals surface area (Å²) in [6.45, 7) is 10.4. The van der Waals surface area contributed by atoms with Crippen LogP contribution in [0.2, 0.25) is 19.6 Å². The van der Waals surface area contributed by atoms with Gasteiger partial charge in [-0.1, -0.05) is 30.8 Å². The highest BCUT2D eigenvalue weighted by Gasteiger charge is 2.12. The summed E-state index contributed by atoms with van der Waals surface area (Å²) in [4.78, 5) is 0. The Bertz CT molecular complexity index is 376. The van der Waals surface area contributed by atoms with E-state index in [2.05, 4.69) is 26.2 Å². The minimum Gasteiger partial charge on any atom is -0.549 e. The summed E-state index contributed by atoms with van der Waals surface area (Å²) in [6.07, 6.45) is 1.83. The smallest absolute Gasteiger partial charge is 0.241 e. The molecule has 1 aromatic rings. The van der Waals surface area contributed by atoms with Gasteiger partial charge in [-0.15, -0.1) is 0 Å². The first-order valence-corrected chi connectivity index (χ1v) is 7.82. The van der Waals surface area contributed by atoms with Gasteiger partial charge in [0.2, 0.25) is 8.32 Å². The van der Waals surface area contributed by atoms with E-state index in [1.54, 1.807) is 0 Å². The highest BCUT2D eigenvalue weighted by atomic mass is 28.4. The minimum absolute atomic E-state index is 1.01. The molecule has 1 rings (SSSR count). The van der Waals surface area contributed by atoms with E-state index in [0.717, 1.165) is 10.4 Å². The summed E-state index contributed by atoms with van der Waals surface area (Å²) in [5, 5.41) is 2.09. The molecule has 0 heterocycles. The molecule has 0 atom stereocenters. The van der Waals surface area contributed by atoms with Crippen molar-refractivity contribution in [2.45, 2.75) is 19.6 Å². The van der Waals surface area contributed by atoms with Crippen LogP contribution in [0.4, 0.5) is 0 Å². The molecular weight excluding hydrogens is 176 g/mol. The third-order valence-electron chi connectivity index (χ3n) is 1.59. The van der Waals surface area contributed by atoms with Gasteiger partial charge >= 0.3 is 0 Å². The number of hydrogen-bond donors (Lipinski definition) is 0. The van der Waals surface area contributed by atoms with Crippen LogP contribution in [-0.2, 0) is 4.43 Å². The molecule has 0 saturated heterocycles. The highest BCUT2D eigenvalue weighted by Crippen LogP contribution is 2.01. The number of rotatable bonds is 2. The number of hydrogen-bond acceptors (Lipinski definition) is 1. The summed E-state index contributed by atoms with van der Waals surface area (Å²) in [5.41, 5.74) is 0. The predicted octanol–water partition coefficient (Wildman–Crippen LogP) is 1.69. The van der Waals surface area contributed by atoms with Gasteiger partial charge < -0.3 is 4.43 Å². The SMILES string of the molecule is C=c1cccc/c1=C\O[Si](C)(C)C. The van der Waals surface area contributed by atoms with Gasteiger partial charge in [0.1, 0.15) is 0 Å². The maximum atomic E-state index is 5.67. The molecule has 0 aliphatic heterocycles. The van der Waals surface area contributed by atoms with E-state index in [1.807, 2.05) is 30.5 Å². The topological polar surface area (TPSA) is 9.23 Å². The zero-order chi connectivity index (χ0) is 9.90. The van der Waals surface area contributed by atoms with Gasteiger partial charge in [-0.05, 0) is 24.9 Å². The Kier molecular flexibility index (Phi) is 2.93. The molecule has 0 aromatic heterocycles. The first-order valence-electron chi connectivity index (χ1n) is 4.41. The normalized spacial score (nSPS) is 13.0. The van der Waals surface area contributed by atoms with E-state index in [1.165, 1.54) is 0 Å². The van der Waals surface area contributed by atoms with Crippen LogP contribution in [-0.4, -0.2) is 8.32 Å². The van der Waals surface area contributed by atoms with Crippen LogP contribution in [0.5, 0.6) is 0 Å². The standard InChI is InChI=1S/C11H16OSi/c1-10-7-5-6-8-11(10)9-12-13(2,3)4/h5-9H,1H2,2-4H3/b11-9+. The van der Waals surface area contributed by atoms with Gasteiger partial charge in [0.15, 0.2) is 0 Å². The molecule has 0 aliphatic rings. The van der Waals surface area contributed by atoms with E-state index in [4.69, 9.17) is 4.43 Å². The van der Waals surface area contributed by atoms with Crippen molar-refractivity contribution in [2.24, 2.45) is 0 Å². The highest BCUT2D eigenvalue weighted by molar-refractivity contribution is 6.70. The molecule has 1 aromatic carbocycles. The monoisotopic (exact) mass is 192 g/mol. The molecule has 13 heavy (non-hydrogen) atoms. The molecule has 0 N–H and O–H groups in total. The van der Waals surface area contributed by atoms with Gasteiger partial charge in [0, 0.05) is 5.22 Å². The molecule has 70 valence electrons. The van der Waals surface area contributed by atoms with E-state index in [9.17, 15) is 0 Å². The fraction of sp³-hybridized carbons (Fsp3) is 0.273. The van der Waals surface area contributed by atoms with Gasteiger partial charge in [0.05, 0.1) is 6.26 Å². The summed E-state index contributed by atoms with van der Waals surface area (Å²) < 4.78 is 5.67. The summed E-state index contributed by atoms with van der Waals surface area (Å²) in [6, 6.07) is 7.98. The Labute approximate surface area is 80.5 Å². The van der Waals surface area contributed by atoms with Crippen molar-refractivity contribution in [2.75, 3.05) is 0 Å². The lowest BCUT2D eigenvalue weighted by atomic mass is 10.3. The van der Waals surface area contributed by atoms with Crippen molar-refractivity contribution in [1.82, 2.24) is 0 Å². The fourth-order valence-electron chi connectivity index (χ4n) is 0.889. The van der Waals surface area contributed by atoms with Crippen LogP contribution in [0.1, 0.15) is 0 Å². The Morgan fingerprint density at radius 1 is 1.23 bits per heavy atom. The predicted molar refractivity (Wildman–Crippen MR) is 60.1 cm³/mol. The quantitative estimate of drug-likeness (QED) is 0.648. The number of benzene rings is 1. The zero-order valence-corrected chi connectivity index (χ0v) is 9.50. The van der Waals surface area contributed by atoms with Crippen molar-refractivity contribution in [3.8, 4) is 0 Å². The van der Waals surface area contributed by atoms with Crippen molar-refractivity contribution in [3.05, 3.63) is 34.7 Å². The molecule has 0 unspecified atom stereocenters. The molecule has 0 radical (unpaired) electrons. The Balaban J connectivity index is 2.96. The molecule has 2 heteroatoms. The van der Waals surface area contributed by atoms with Crippen molar-refractivity contribution >= 4 is 21.2 Å². The van der Waals surface area contributed by atoms with Crippen LogP contribution in [0, 0.1) is 0 Å². The zero-order valence-electron chi connectivity index (χ0n) is 8.50. The van der Waals surface area contributed by atoms with Crippen molar-refractivity contribution in [1.29, 1.82) is 0 Å². The molecule has 0 saturated carbocycles. The lowest BCUT2D eigenvalue weighted by Gasteiger charge is -2.14. The molecule has 0 aliphatic carbocycles. The van der Waals surface area contributed by atoms with E-state index < -0.39 is 8.32 Å². The summed E-state index contributed by atoms with van der Waals surface area (Å²) in [7, 11) is -1.45. The fourth-order valence-corrected chi connectivity index (χ4v) is 1.37. The van der Waals surface area contributed by atoms with Crippen LogP contribution in [0.25, 0.3) is 12.8 Å². The molecule has 1 nitrogen and oxygen atoms in total. The third-order valence-corrected chi connectivity index (χ3v) is 2.42. The first-order chi connectivity index (χ1) is 5.99. The average molecular weight is 192 g/mol. The molecule has 0 amide bonds. The van der Waals surface area contributed by atoms with Gasteiger partial charge in [-0.25, -0.2) is 0 Å². The summed E-state index contributed by atoms with van der Waals surface area (Å²) in [5.74, 6) is 0. The Morgan fingerprint density at radius 3 is 2.38 bits per heavy atom. The maximum absolute atomic E-state index is 5.67. The molecule has 0 bridgehead atoms. The van der Waals surface area contributed by atoms with Gasteiger partial charge in [-0.3, -0.25) is 0 Å².